The summed E-state index contributed by atoms with van der Waals surface area (Å²) >= 11 is 0. The van der Waals surface area contributed by atoms with Crippen LogP contribution in [0.5, 0.6) is 0 Å². The Hall–Kier alpha value is -2.29. The van der Waals surface area contributed by atoms with Crippen LogP contribution in [0.3, 0.4) is 0 Å². The van der Waals surface area contributed by atoms with Gasteiger partial charge in [-0.2, -0.15) is 4.98 Å². The van der Waals surface area contributed by atoms with Crippen molar-refractivity contribution in [3.8, 4) is 11.4 Å². The van der Waals surface area contributed by atoms with Gasteiger partial charge < -0.3 is 19.3 Å². The van der Waals surface area contributed by atoms with E-state index in [2.05, 4.69) is 19.8 Å². The minimum absolute atomic E-state index is 0.105. The number of hydrogen-bond acceptors (Lipinski definition) is 8. The first kappa shape index (κ1) is 17.5. The second kappa shape index (κ2) is 7.30. The van der Waals surface area contributed by atoms with Crippen LogP contribution in [-0.4, -0.2) is 77.5 Å². The van der Waals surface area contributed by atoms with Gasteiger partial charge in [0.05, 0.1) is 25.3 Å². The molecular formula is C17H22N4O4. The predicted molar refractivity (Wildman–Crippen MR) is 89.8 cm³/mol. The number of likely N-dealkylation sites (N-methyl/N-ethyl adjacent to an activating group) is 1. The number of aliphatic hydroxyl groups excluding tert-OH is 1. The Kier molecular flexibility index (Phi) is 5.12. The first-order valence-electron chi connectivity index (χ1n) is 8.06. The molecule has 1 aromatic carbocycles. The number of β-amino-alcohol motifs (C(OH)–C–C–N with tert-alkyl or cyclic N) is 1. The molecule has 0 aliphatic carbocycles. The van der Waals surface area contributed by atoms with Crippen LogP contribution in [0.15, 0.2) is 28.8 Å². The fraction of sp³-hybridized carbons (Fsp3) is 0.471. The molecular weight excluding hydrogens is 324 g/mol. The number of benzene rings is 1. The van der Waals surface area contributed by atoms with Crippen molar-refractivity contribution >= 4 is 5.97 Å². The van der Waals surface area contributed by atoms with E-state index in [0.29, 0.717) is 30.4 Å². The lowest BCUT2D eigenvalue weighted by atomic mass is 10.1. The number of aliphatic hydroxyl groups is 1. The number of carbonyl (C=O) groups is 1. The van der Waals surface area contributed by atoms with Crippen LogP contribution in [0.1, 0.15) is 16.2 Å². The number of ether oxygens (including phenoxy) is 1. The Balaban J connectivity index is 1.66. The highest BCUT2D eigenvalue weighted by Gasteiger charge is 2.33. The molecule has 1 fully saturated rings. The number of methoxy groups -OCH3 is 1. The number of nitrogens with zero attached hydrogens (tertiary/aromatic N) is 4. The zero-order valence-corrected chi connectivity index (χ0v) is 14.5. The molecule has 1 aromatic heterocycles. The van der Waals surface area contributed by atoms with Crippen molar-refractivity contribution in [3.63, 3.8) is 0 Å². The van der Waals surface area contributed by atoms with Crippen molar-refractivity contribution in [3.05, 3.63) is 35.7 Å². The fourth-order valence-corrected chi connectivity index (χ4v) is 2.98. The molecule has 0 bridgehead atoms. The first-order valence-corrected chi connectivity index (χ1v) is 8.06. The summed E-state index contributed by atoms with van der Waals surface area (Å²) in [5, 5.41) is 14.1. The molecule has 1 aliphatic heterocycles. The predicted octanol–water partition coefficient (Wildman–Crippen LogP) is 0.630. The summed E-state index contributed by atoms with van der Waals surface area (Å²) in [5.74, 6) is 0.581. The van der Waals surface area contributed by atoms with Crippen LogP contribution in [0, 0.1) is 0 Å². The zero-order chi connectivity index (χ0) is 18.0. The summed E-state index contributed by atoms with van der Waals surface area (Å²) in [6.45, 7) is 1.82. The highest BCUT2D eigenvalue weighted by Crippen LogP contribution is 2.20. The lowest BCUT2D eigenvalue weighted by Crippen LogP contribution is -2.37. The van der Waals surface area contributed by atoms with Crippen LogP contribution >= 0.6 is 0 Å². The molecule has 0 radical (unpaired) electrons. The monoisotopic (exact) mass is 346 g/mol. The van der Waals surface area contributed by atoms with Crippen molar-refractivity contribution in [2.24, 2.45) is 0 Å². The molecule has 3 rings (SSSR count). The summed E-state index contributed by atoms with van der Waals surface area (Å²) in [4.78, 5) is 20.0. The second-order valence-corrected chi connectivity index (χ2v) is 6.37. The average molecular weight is 346 g/mol. The van der Waals surface area contributed by atoms with Crippen molar-refractivity contribution in [1.29, 1.82) is 0 Å². The molecule has 8 nitrogen and oxygen atoms in total. The molecule has 0 unspecified atom stereocenters. The van der Waals surface area contributed by atoms with Gasteiger partial charge in [-0.1, -0.05) is 17.3 Å². The highest BCUT2D eigenvalue weighted by atomic mass is 16.5. The van der Waals surface area contributed by atoms with E-state index in [1.807, 2.05) is 19.0 Å². The van der Waals surface area contributed by atoms with Gasteiger partial charge in [0, 0.05) is 24.7 Å². The van der Waals surface area contributed by atoms with Gasteiger partial charge in [-0.15, -0.1) is 0 Å². The lowest BCUT2D eigenvalue weighted by molar-refractivity contribution is 0.0600. The van der Waals surface area contributed by atoms with Crippen LogP contribution in [0.25, 0.3) is 11.4 Å². The third kappa shape index (κ3) is 3.87. The second-order valence-electron chi connectivity index (χ2n) is 6.37. The quantitative estimate of drug-likeness (QED) is 0.788. The molecule has 0 amide bonds. The standard InChI is InChI=1S/C17H22N4O4/c1-20(2)13-8-21(9-14(13)22)10-15-18-16(19-25-15)11-4-6-12(7-5-11)17(23)24-3/h4-7,13-14,22H,8-10H2,1-3H3/t13-,14-/m0/s1. The SMILES string of the molecule is COC(=O)c1ccc(-c2noc(CN3C[C@H](O)[C@@H](N(C)C)C3)n2)cc1. The van der Waals surface area contributed by atoms with Crippen molar-refractivity contribution in [2.75, 3.05) is 34.3 Å². The van der Waals surface area contributed by atoms with E-state index in [4.69, 9.17) is 4.52 Å². The van der Waals surface area contributed by atoms with E-state index in [9.17, 15) is 9.90 Å². The summed E-state index contributed by atoms with van der Waals surface area (Å²) in [6.07, 6.45) is -0.386. The normalized spacial score (nSPS) is 21.0. The summed E-state index contributed by atoms with van der Waals surface area (Å²) in [6, 6.07) is 6.93. The first-order chi connectivity index (χ1) is 12.0. The largest absolute Gasteiger partial charge is 0.465 e. The zero-order valence-electron chi connectivity index (χ0n) is 14.5. The molecule has 134 valence electrons. The van der Waals surface area contributed by atoms with Gasteiger partial charge >= 0.3 is 5.97 Å². The average Bonchev–Trinajstić information content (AvgIpc) is 3.21. The van der Waals surface area contributed by atoms with Crippen LogP contribution in [0.4, 0.5) is 0 Å². The molecule has 1 saturated heterocycles. The Labute approximate surface area is 146 Å². The molecule has 1 N–H and O–H groups in total. The Morgan fingerprint density at radius 2 is 2.08 bits per heavy atom. The van der Waals surface area contributed by atoms with Crippen LogP contribution < -0.4 is 0 Å². The van der Waals surface area contributed by atoms with Gasteiger partial charge in [0.2, 0.25) is 11.7 Å². The molecule has 2 heterocycles. The van der Waals surface area contributed by atoms with Gasteiger partial charge in [0.15, 0.2) is 0 Å². The molecule has 2 atom stereocenters. The molecule has 0 spiro atoms. The number of likely N-dealkylation sites (tertiary alicyclic amines) is 1. The summed E-state index contributed by atoms with van der Waals surface area (Å²) in [7, 11) is 5.26. The van der Waals surface area contributed by atoms with E-state index in [1.165, 1.54) is 7.11 Å². The van der Waals surface area contributed by atoms with Gasteiger partial charge in [0.1, 0.15) is 0 Å². The Morgan fingerprint density at radius 3 is 2.68 bits per heavy atom. The maximum atomic E-state index is 11.5. The highest BCUT2D eigenvalue weighted by molar-refractivity contribution is 5.89. The van der Waals surface area contributed by atoms with E-state index in [1.54, 1.807) is 24.3 Å². The van der Waals surface area contributed by atoms with Crippen molar-refractivity contribution < 1.29 is 19.2 Å². The molecule has 25 heavy (non-hydrogen) atoms. The van der Waals surface area contributed by atoms with Crippen LogP contribution in [-0.2, 0) is 11.3 Å². The number of aromatic nitrogens is 2. The molecule has 0 saturated carbocycles. The van der Waals surface area contributed by atoms with Gasteiger partial charge in [-0.05, 0) is 26.2 Å². The Morgan fingerprint density at radius 1 is 1.36 bits per heavy atom. The van der Waals surface area contributed by atoms with Crippen molar-refractivity contribution in [1.82, 2.24) is 19.9 Å². The molecule has 8 heteroatoms. The van der Waals surface area contributed by atoms with E-state index >= 15 is 0 Å². The summed E-state index contributed by atoms with van der Waals surface area (Å²) < 4.78 is 10.00. The lowest BCUT2D eigenvalue weighted by Gasteiger charge is -2.21. The molecule has 2 aromatic rings. The third-order valence-electron chi connectivity index (χ3n) is 4.39. The topological polar surface area (TPSA) is 91.9 Å². The van der Waals surface area contributed by atoms with E-state index < -0.39 is 0 Å². The summed E-state index contributed by atoms with van der Waals surface area (Å²) in [5.41, 5.74) is 1.23. The third-order valence-corrected chi connectivity index (χ3v) is 4.39. The number of hydrogen-bond donors (Lipinski definition) is 1. The van der Waals surface area contributed by atoms with E-state index in [0.717, 1.165) is 12.1 Å². The number of rotatable bonds is 5. The van der Waals surface area contributed by atoms with Crippen molar-refractivity contribution in [2.45, 2.75) is 18.7 Å². The molecule has 1 aliphatic rings. The minimum Gasteiger partial charge on any atom is -0.465 e. The number of carbonyl (C=O) groups excluding carboxylic acids is 1. The maximum absolute atomic E-state index is 11.5. The van der Waals surface area contributed by atoms with Gasteiger partial charge in [-0.3, -0.25) is 4.90 Å². The van der Waals surface area contributed by atoms with Gasteiger partial charge in [-0.25, -0.2) is 4.79 Å². The Bertz CT molecular complexity index is 729. The van der Waals surface area contributed by atoms with E-state index in [-0.39, 0.29) is 18.1 Å². The maximum Gasteiger partial charge on any atom is 0.337 e. The van der Waals surface area contributed by atoms with Gasteiger partial charge in [0.25, 0.3) is 0 Å². The minimum atomic E-state index is -0.386. The fourth-order valence-electron chi connectivity index (χ4n) is 2.98. The smallest absolute Gasteiger partial charge is 0.337 e. The number of esters is 1. The van der Waals surface area contributed by atoms with Crippen LogP contribution in [0.2, 0.25) is 0 Å².